The fourth-order valence-electron chi connectivity index (χ4n) is 2.04. The molecule has 0 bridgehead atoms. The van der Waals surface area contributed by atoms with Gasteiger partial charge in [0.25, 0.3) is 0 Å². The van der Waals surface area contributed by atoms with Crippen LogP contribution in [-0.2, 0) is 16.1 Å². The SMILES string of the molecule is COC(=O)[C@](C)(CSCCC(C)C)NCc1ccc(OC)cc1. The second kappa shape index (κ2) is 9.83. The molecular weight excluding hydrogens is 310 g/mol. The number of esters is 1. The van der Waals surface area contributed by atoms with Crippen molar-refractivity contribution in [3.8, 4) is 5.75 Å². The number of hydrogen-bond donors (Lipinski definition) is 1. The fourth-order valence-corrected chi connectivity index (χ4v) is 3.45. The molecule has 0 aromatic heterocycles. The zero-order chi connectivity index (χ0) is 17.3. The van der Waals surface area contributed by atoms with Gasteiger partial charge >= 0.3 is 5.97 Å². The van der Waals surface area contributed by atoms with Crippen molar-refractivity contribution in [1.82, 2.24) is 5.32 Å². The summed E-state index contributed by atoms with van der Waals surface area (Å²) in [5.41, 5.74) is 0.421. The number of carbonyl (C=O) groups excluding carboxylic acids is 1. The smallest absolute Gasteiger partial charge is 0.326 e. The van der Waals surface area contributed by atoms with E-state index in [0.29, 0.717) is 18.2 Å². The van der Waals surface area contributed by atoms with Crippen molar-refractivity contribution in [1.29, 1.82) is 0 Å². The van der Waals surface area contributed by atoms with E-state index in [9.17, 15) is 4.79 Å². The van der Waals surface area contributed by atoms with Gasteiger partial charge in [-0.1, -0.05) is 26.0 Å². The summed E-state index contributed by atoms with van der Waals surface area (Å²) in [7, 11) is 3.09. The van der Waals surface area contributed by atoms with Gasteiger partial charge in [-0.05, 0) is 42.7 Å². The number of nitrogens with one attached hydrogen (secondary N) is 1. The minimum absolute atomic E-state index is 0.219. The van der Waals surface area contributed by atoms with E-state index < -0.39 is 5.54 Å². The summed E-state index contributed by atoms with van der Waals surface area (Å²) < 4.78 is 10.1. The van der Waals surface area contributed by atoms with Crippen LogP contribution in [-0.4, -0.2) is 37.2 Å². The van der Waals surface area contributed by atoms with Crippen LogP contribution in [0.4, 0.5) is 0 Å². The third-order valence-electron chi connectivity index (χ3n) is 3.71. The second-order valence-electron chi connectivity index (χ2n) is 6.26. The summed E-state index contributed by atoms with van der Waals surface area (Å²) in [5.74, 6) is 3.03. The summed E-state index contributed by atoms with van der Waals surface area (Å²) in [6, 6.07) is 7.83. The third kappa shape index (κ3) is 6.83. The minimum atomic E-state index is -0.684. The Bertz CT molecular complexity index is 476. The van der Waals surface area contributed by atoms with Crippen LogP contribution in [0.5, 0.6) is 5.75 Å². The summed E-state index contributed by atoms with van der Waals surface area (Å²) in [4.78, 5) is 12.2. The first-order valence-electron chi connectivity index (χ1n) is 7.95. The largest absolute Gasteiger partial charge is 0.497 e. The lowest BCUT2D eigenvalue weighted by molar-refractivity contribution is -0.146. The van der Waals surface area contributed by atoms with Crippen LogP contribution in [0.25, 0.3) is 0 Å². The number of methoxy groups -OCH3 is 2. The monoisotopic (exact) mass is 339 g/mol. The zero-order valence-electron chi connectivity index (χ0n) is 14.8. The molecule has 0 fully saturated rings. The summed E-state index contributed by atoms with van der Waals surface area (Å²) in [5, 5.41) is 3.35. The zero-order valence-corrected chi connectivity index (χ0v) is 15.7. The quantitative estimate of drug-likeness (QED) is 0.522. The Balaban J connectivity index is 2.59. The predicted molar refractivity (Wildman–Crippen MR) is 97.0 cm³/mol. The van der Waals surface area contributed by atoms with Gasteiger partial charge in [0.1, 0.15) is 11.3 Å². The molecule has 0 heterocycles. The van der Waals surface area contributed by atoms with Crippen LogP contribution in [0.15, 0.2) is 24.3 Å². The lowest BCUT2D eigenvalue weighted by atomic mass is 10.0. The Morgan fingerprint density at radius 2 is 1.91 bits per heavy atom. The van der Waals surface area contributed by atoms with Crippen molar-refractivity contribution in [2.45, 2.75) is 39.3 Å². The van der Waals surface area contributed by atoms with Gasteiger partial charge in [-0.15, -0.1) is 0 Å². The predicted octanol–water partition coefficient (Wildman–Crippen LogP) is 3.50. The number of thioether (sulfide) groups is 1. The second-order valence-corrected chi connectivity index (χ2v) is 7.37. The summed E-state index contributed by atoms with van der Waals surface area (Å²) >= 11 is 1.79. The van der Waals surface area contributed by atoms with Crippen LogP contribution in [0, 0.1) is 5.92 Å². The van der Waals surface area contributed by atoms with Gasteiger partial charge in [-0.25, -0.2) is 0 Å². The van der Waals surface area contributed by atoms with E-state index in [0.717, 1.165) is 23.5 Å². The molecule has 0 amide bonds. The highest BCUT2D eigenvalue weighted by atomic mass is 32.2. The summed E-state index contributed by atoms with van der Waals surface area (Å²) in [6.45, 7) is 6.94. The normalized spacial score (nSPS) is 13.7. The van der Waals surface area contributed by atoms with Crippen molar-refractivity contribution < 1.29 is 14.3 Å². The van der Waals surface area contributed by atoms with E-state index in [1.165, 1.54) is 7.11 Å². The van der Waals surface area contributed by atoms with E-state index >= 15 is 0 Å². The molecule has 1 atom stereocenters. The molecule has 1 aromatic carbocycles. The van der Waals surface area contributed by atoms with Crippen molar-refractivity contribution in [3.63, 3.8) is 0 Å². The van der Waals surface area contributed by atoms with Crippen LogP contribution < -0.4 is 10.1 Å². The number of ether oxygens (including phenoxy) is 2. The van der Waals surface area contributed by atoms with Crippen molar-refractivity contribution in [2.24, 2.45) is 5.92 Å². The standard InChI is InChI=1S/C18H29NO3S/c1-14(2)10-11-23-13-18(3,17(20)22-5)19-12-15-6-8-16(21-4)9-7-15/h6-9,14,19H,10-13H2,1-5H3/t18-/m0/s1. The molecule has 0 aliphatic heterocycles. The average molecular weight is 340 g/mol. The fraction of sp³-hybridized carbons (Fsp3) is 0.611. The minimum Gasteiger partial charge on any atom is -0.497 e. The van der Waals surface area contributed by atoms with Gasteiger partial charge in [0.15, 0.2) is 0 Å². The number of rotatable bonds is 10. The first kappa shape index (κ1) is 19.8. The van der Waals surface area contributed by atoms with Crippen molar-refractivity contribution in [2.75, 3.05) is 25.7 Å². The Kier molecular flexibility index (Phi) is 8.48. The maximum Gasteiger partial charge on any atom is 0.326 e. The highest BCUT2D eigenvalue weighted by Gasteiger charge is 2.33. The molecule has 0 aliphatic rings. The highest BCUT2D eigenvalue weighted by molar-refractivity contribution is 7.99. The first-order chi connectivity index (χ1) is 10.9. The van der Waals surface area contributed by atoms with Crippen LogP contribution >= 0.6 is 11.8 Å². The average Bonchev–Trinajstić information content (AvgIpc) is 2.56. The molecule has 0 aliphatic carbocycles. The van der Waals surface area contributed by atoms with Gasteiger partial charge in [-0.3, -0.25) is 10.1 Å². The number of hydrogen-bond acceptors (Lipinski definition) is 5. The molecule has 0 saturated carbocycles. The van der Waals surface area contributed by atoms with Crippen LogP contribution in [0.2, 0.25) is 0 Å². The maximum absolute atomic E-state index is 12.2. The molecule has 1 aromatic rings. The lowest BCUT2D eigenvalue weighted by Gasteiger charge is -2.28. The Hall–Kier alpha value is -1.20. The van der Waals surface area contributed by atoms with E-state index in [1.54, 1.807) is 18.9 Å². The Morgan fingerprint density at radius 3 is 2.43 bits per heavy atom. The topological polar surface area (TPSA) is 47.6 Å². The molecule has 0 radical (unpaired) electrons. The molecule has 0 unspecified atom stereocenters. The molecular formula is C18H29NO3S. The van der Waals surface area contributed by atoms with Gasteiger partial charge < -0.3 is 9.47 Å². The van der Waals surface area contributed by atoms with E-state index in [1.807, 2.05) is 31.2 Å². The van der Waals surface area contributed by atoms with E-state index in [-0.39, 0.29) is 5.97 Å². The molecule has 5 heteroatoms. The van der Waals surface area contributed by atoms with E-state index in [2.05, 4.69) is 19.2 Å². The molecule has 1 N–H and O–H groups in total. The molecule has 23 heavy (non-hydrogen) atoms. The van der Waals surface area contributed by atoms with Gasteiger partial charge in [0, 0.05) is 12.3 Å². The van der Waals surface area contributed by atoms with Crippen molar-refractivity contribution in [3.05, 3.63) is 29.8 Å². The Labute approximate surface area is 144 Å². The molecule has 0 saturated heterocycles. The summed E-state index contributed by atoms with van der Waals surface area (Å²) in [6.07, 6.45) is 1.15. The van der Waals surface area contributed by atoms with Gasteiger partial charge in [0.2, 0.25) is 0 Å². The number of carbonyl (C=O) groups is 1. The Morgan fingerprint density at radius 1 is 1.26 bits per heavy atom. The van der Waals surface area contributed by atoms with Crippen LogP contribution in [0.3, 0.4) is 0 Å². The molecule has 4 nitrogen and oxygen atoms in total. The number of benzene rings is 1. The first-order valence-corrected chi connectivity index (χ1v) is 9.11. The lowest BCUT2D eigenvalue weighted by Crippen LogP contribution is -2.52. The third-order valence-corrected chi connectivity index (χ3v) is 5.01. The molecule has 1 rings (SSSR count). The van der Waals surface area contributed by atoms with Crippen LogP contribution in [0.1, 0.15) is 32.8 Å². The molecule has 130 valence electrons. The molecule has 0 spiro atoms. The van der Waals surface area contributed by atoms with Gasteiger partial charge in [-0.2, -0.15) is 11.8 Å². The van der Waals surface area contributed by atoms with E-state index in [4.69, 9.17) is 9.47 Å². The van der Waals surface area contributed by atoms with Crippen molar-refractivity contribution >= 4 is 17.7 Å². The highest BCUT2D eigenvalue weighted by Crippen LogP contribution is 2.19. The van der Waals surface area contributed by atoms with Gasteiger partial charge in [0.05, 0.1) is 14.2 Å². The maximum atomic E-state index is 12.2.